The first-order valence-corrected chi connectivity index (χ1v) is 7.27. The molecule has 1 amide bonds. The van der Waals surface area contributed by atoms with Crippen LogP contribution in [0.2, 0.25) is 0 Å². The molecule has 1 unspecified atom stereocenters. The van der Waals surface area contributed by atoms with E-state index in [9.17, 15) is 4.79 Å². The fourth-order valence-electron chi connectivity index (χ4n) is 2.90. The zero-order valence-corrected chi connectivity index (χ0v) is 12.1. The van der Waals surface area contributed by atoms with Crippen molar-refractivity contribution in [2.45, 2.75) is 43.7 Å². The van der Waals surface area contributed by atoms with Gasteiger partial charge in [-0.2, -0.15) is 0 Å². The third kappa shape index (κ3) is 4.16. The number of carbonyl (C=O) groups excluding carboxylic acids is 1. The van der Waals surface area contributed by atoms with Crippen molar-refractivity contribution in [3.05, 3.63) is 0 Å². The Hall–Kier alpha value is -0.650. The van der Waals surface area contributed by atoms with E-state index in [0.717, 1.165) is 52.0 Å². The summed E-state index contributed by atoms with van der Waals surface area (Å²) in [6, 6.07) is 0.474. The van der Waals surface area contributed by atoms with Crippen LogP contribution in [-0.2, 0) is 14.3 Å². The maximum atomic E-state index is 11.5. The fraction of sp³-hybridized carbons (Fsp3) is 0.929. The average molecular weight is 270 g/mol. The van der Waals surface area contributed by atoms with Crippen LogP contribution in [0.1, 0.15) is 32.1 Å². The van der Waals surface area contributed by atoms with Crippen LogP contribution in [0.5, 0.6) is 0 Å². The summed E-state index contributed by atoms with van der Waals surface area (Å²) in [7, 11) is 3.60. The molecule has 0 aromatic heterocycles. The molecule has 2 heterocycles. The first-order chi connectivity index (χ1) is 9.11. The summed E-state index contributed by atoms with van der Waals surface area (Å²) < 4.78 is 11.4. The lowest BCUT2D eigenvalue weighted by Crippen LogP contribution is -2.50. The molecule has 2 saturated heterocycles. The van der Waals surface area contributed by atoms with Gasteiger partial charge < -0.3 is 19.7 Å². The van der Waals surface area contributed by atoms with E-state index in [1.165, 1.54) is 0 Å². The summed E-state index contributed by atoms with van der Waals surface area (Å²) in [6.45, 7) is 3.20. The fourth-order valence-corrected chi connectivity index (χ4v) is 2.90. The third-order valence-corrected chi connectivity index (χ3v) is 4.17. The van der Waals surface area contributed by atoms with Crippen LogP contribution in [0.3, 0.4) is 0 Å². The highest BCUT2D eigenvalue weighted by molar-refractivity contribution is 5.75. The number of amides is 1. The molecule has 1 N–H and O–H groups in total. The number of hydrogen-bond donors (Lipinski definition) is 1. The van der Waals surface area contributed by atoms with E-state index < -0.39 is 0 Å². The normalized spacial score (nSPS) is 26.3. The quantitative estimate of drug-likeness (QED) is 0.820. The van der Waals surface area contributed by atoms with Crippen LogP contribution in [0.25, 0.3) is 0 Å². The monoisotopic (exact) mass is 270 g/mol. The standard InChI is InChI=1S/C14H26N2O3/c1-16(2)13(17)3-7-15-12-4-8-19-14(11-12)5-9-18-10-6-14/h12,15H,3-11H2,1-2H3. The van der Waals surface area contributed by atoms with E-state index in [4.69, 9.17) is 9.47 Å². The molecule has 0 aliphatic carbocycles. The van der Waals surface area contributed by atoms with E-state index in [1.54, 1.807) is 19.0 Å². The van der Waals surface area contributed by atoms with E-state index in [-0.39, 0.29) is 11.5 Å². The highest BCUT2D eigenvalue weighted by Crippen LogP contribution is 2.34. The maximum absolute atomic E-state index is 11.5. The molecule has 0 aromatic rings. The number of ether oxygens (including phenoxy) is 2. The minimum Gasteiger partial charge on any atom is -0.381 e. The average Bonchev–Trinajstić information content (AvgIpc) is 2.39. The lowest BCUT2D eigenvalue weighted by atomic mass is 9.84. The Morgan fingerprint density at radius 3 is 2.74 bits per heavy atom. The van der Waals surface area contributed by atoms with Gasteiger partial charge in [0.25, 0.3) is 0 Å². The second-order valence-corrected chi connectivity index (χ2v) is 5.83. The molecule has 5 heteroatoms. The summed E-state index contributed by atoms with van der Waals surface area (Å²) in [6.07, 6.45) is 4.66. The van der Waals surface area contributed by atoms with Crippen molar-refractivity contribution in [3.8, 4) is 0 Å². The van der Waals surface area contributed by atoms with Crippen molar-refractivity contribution in [2.75, 3.05) is 40.5 Å². The molecule has 0 radical (unpaired) electrons. The van der Waals surface area contributed by atoms with Gasteiger partial charge in [0, 0.05) is 52.9 Å². The van der Waals surface area contributed by atoms with Crippen LogP contribution in [-0.4, -0.2) is 62.9 Å². The van der Waals surface area contributed by atoms with E-state index in [2.05, 4.69) is 5.32 Å². The highest BCUT2D eigenvalue weighted by atomic mass is 16.5. The van der Waals surface area contributed by atoms with E-state index in [1.807, 2.05) is 0 Å². The third-order valence-electron chi connectivity index (χ3n) is 4.17. The van der Waals surface area contributed by atoms with Crippen LogP contribution < -0.4 is 5.32 Å². The maximum Gasteiger partial charge on any atom is 0.223 e. The van der Waals surface area contributed by atoms with Gasteiger partial charge in [-0.15, -0.1) is 0 Å². The van der Waals surface area contributed by atoms with E-state index >= 15 is 0 Å². The summed E-state index contributed by atoms with van der Waals surface area (Å²) >= 11 is 0. The molecule has 110 valence electrons. The second kappa shape index (κ2) is 6.68. The second-order valence-electron chi connectivity index (χ2n) is 5.83. The van der Waals surface area contributed by atoms with Gasteiger partial charge >= 0.3 is 0 Å². The summed E-state index contributed by atoms with van der Waals surface area (Å²) in [4.78, 5) is 13.2. The number of nitrogens with zero attached hydrogens (tertiary/aromatic N) is 1. The minimum absolute atomic E-state index is 0.0275. The molecule has 0 aromatic carbocycles. The number of nitrogens with one attached hydrogen (secondary N) is 1. The first-order valence-electron chi connectivity index (χ1n) is 7.27. The van der Waals surface area contributed by atoms with Gasteiger partial charge in [-0.1, -0.05) is 0 Å². The zero-order valence-electron chi connectivity index (χ0n) is 12.1. The molecule has 2 aliphatic rings. The predicted molar refractivity (Wildman–Crippen MR) is 73.1 cm³/mol. The Morgan fingerprint density at radius 1 is 1.32 bits per heavy atom. The number of hydrogen-bond acceptors (Lipinski definition) is 4. The van der Waals surface area contributed by atoms with Gasteiger partial charge in [0.1, 0.15) is 0 Å². The first kappa shape index (κ1) is 14.8. The molecule has 1 spiro atoms. The smallest absolute Gasteiger partial charge is 0.223 e. The molecule has 1 atom stereocenters. The summed E-state index contributed by atoms with van der Waals surface area (Å²) in [5.74, 6) is 0.181. The Morgan fingerprint density at radius 2 is 2.05 bits per heavy atom. The minimum atomic E-state index is 0.0275. The van der Waals surface area contributed by atoms with Gasteiger partial charge in [-0.05, 0) is 25.7 Å². The topological polar surface area (TPSA) is 50.8 Å². The molecular weight excluding hydrogens is 244 g/mol. The molecule has 0 bridgehead atoms. The molecule has 5 nitrogen and oxygen atoms in total. The van der Waals surface area contributed by atoms with Crippen molar-refractivity contribution >= 4 is 5.91 Å². The van der Waals surface area contributed by atoms with Crippen molar-refractivity contribution in [2.24, 2.45) is 0 Å². The summed E-state index contributed by atoms with van der Waals surface area (Å²) in [5.41, 5.74) is 0.0275. The van der Waals surface area contributed by atoms with E-state index in [0.29, 0.717) is 12.5 Å². The van der Waals surface area contributed by atoms with Crippen LogP contribution in [0, 0.1) is 0 Å². The number of rotatable bonds is 4. The highest BCUT2D eigenvalue weighted by Gasteiger charge is 2.38. The largest absolute Gasteiger partial charge is 0.381 e. The Balaban J connectivity index is 1.73. The van der Waals surface area contributed by atoms with Crippen molar-refractivity contribution in [1.82, 2.24) is 10.2 Å². The Labute approximate surface area is 115 Å². The SMILES string of the molecule is CN(C)C(=O)CCNC1CCOC2(CCOCC2)C1. The van der Waals surface area contributed by atoms with Crippen molar-refractivity contribution in [3.63, 3.8) is 0 Å². The lowest BCUT2D eigenvalue weighted by molar-refractivity contribution is -0.140. The summed E-state index contributed by atoms with van der Waals surface area (Å²) in [5, 5.41) is 3.51. The predicted octanol–water partition coefficient (Wildman–Crippen LogP) is 0.783. The van der Waals surface area contributed by atoms with Crippen LogP contribution in [0.4, 0.5) is 0 Å². The Bertz CT molecular complexity index is 296. The molecule has 0 saturated carbocycles. The molecule has 2 rings (SSSR count). The van der Waals surface area contributed by atoms with Gasteiger partial charge in [0.15, 0.2) is 0 Å². The van der Waals surface area contributed by atoms with Crippen molar-refractivity contribution < 1.29 is 14.3 Å². The molecule has 2 aliphatic heterocycles. The van der Waals surface area contributed by atoms with Crippen LogP contribution in [0.15, 0.2) is 0 Å². The van der Waals surface area contributed by atoms with Crippen LogP contribution >= 0.6 is 0 Å². The van der Waals surface area contributed by atoms with Gasteiger partial charge in [0.2, 0.25) is 5.91 Å². The van der Waals surface area contributed by atoms with Gasteiger partial charge in [0.05, 0.1) is 5.60 Å². The van der Waals surface area contributed by atoms with Gasteiger partial charge in [-0.25, -0.2) is 0 Å². The van der Waals surface area contributed by atoms with Crippen molar-refractivity contribution in [1.29, 1.82) is 0 Å². The lowest BCUT2D eigenvalue weighted by Gasteiger charge is -2.43. The molecule has 2 fully saturated rings. The molecular formula is C14H26N2O3. The number of carbonyl (C=O) groups is 1. The Kier molecular flexibility index (Phi) is 5.19. The zero-order chi connectivity index (χ0) is 13.7. The molecule has 19 heavy (non-hydrogen) atoms. The van der Waals surface area contributed by atoms with Gasteiger partial charge in [-0.3, -0.25) is 4.79 Å².